The van der Waals surface area contributed by atoms with Crippen LogP contribution in [0.1, 0.15) is 24.8 Å². The average molecular weight is 482 g/mol. The Kier molecular flexibility index (Phi) is 6.93. The zero-order chi connectivity index (χ0) is 21.5. The van der Waals surface area contributed by atoms with Crippen molar-refractivity contribution in [3.8, 4) is 5.75 Å². The smallest absolute Gasteiger partial charge is 0.250 e. The van der Waals surface area contributed by atoms with Crippen molar-refractivity contribution in [3.05, 3.63) is 58.6 Å². The van der Waals surface area contributed by atoms with Crippen molar-refractivity contribution in [1.29, 1.82) is 0 Å². The van der Waals surface area contributed by atoms with Gasteiger partial charge in [0.2, 0.25) is 17.8 Å². The Morgan fingerprint density at radius 1 is 1.00 bits per heavy atom. The van der Waals surface area contributed by atoms with Crippen LogP contribution in [0, 0.1) is 0 Å². The fourth-order valence-electron chi connectivity index (χ4n) is 3.28. The van der Waals surface area contributed by atoms with E-state index in [-0.39, 0.29) is 0 Å². The number of aromatic nitrogens is 3. The van der Waals surface area contributed by atoms with Gasteiger partial charge in [-0.25, -0.2) is 5.43 Å². The third-order valence-electron chi connectivity index (χ3n) is 4.85. The highest BCUT2D eigenvalue weighted by atomic mass is 79.9. The summed E-state index contributed by atoms with van der Waals surface area (Å²) in [4.78, 5) is 15.9. The van der Waals surface area contributed by atoms with E-state index in [4.69, 9.17) is 4.74 Å². The molecule has 1 aliphatic heterocycles. The monoisotopic (exact) mass is 481 g/mol. The minimum atomic E-state index is 0.387. The number of methoxy groups -OCH3 is 1. The summed E-state index contributed by atoms with van der Waals surface area (Å²) in [5, 5.41) is 7.56. The molecule has 1 fully saturated rings. The molecular weight excluding hydrogens is 458 g/mol. The second-order valence-electron chi connectivity index (χ2n) is 7.09. The first kappa shape index (κ1) is 21.0. The van der Waals surface area contributed by atoms with Crippen LogP contribution in [0.25, 0.3) is 0 Å². The van der Waals surface area contributed by atoms with E-state index in [2.05, 4.69) is 51.6 Å². The predicted octanol–water partition coefficient (Wildman–Crippen LogP) is 4.82. The number of hydrogen-bond donors (Lipinski definition) is 2. The molecule has 0 unspecified atom stereocenters. The standard InChI is InChI=1S/C22H24BrN7O/c1-31-19-11-10-16(14-18(19)23)15-24-29-21-26-20(25-17-8-4-2-5-9-17)27-22(28-21)30-12-6-3-7-13-30/h2,4-5,8-11,14-15H,3,6-7,12-13H2,1H3,(H2,25,26,27,28,29)/b24-15-. The zero-order valence-corrected chi connectivity index (χ0v) is 18.8. The molecule has 0 atom stereocenters. The lowest BCUT2D eigenvalue weighted by atomic mass is 10.1. The maximum atomic E-state index is 5.26. The van der Waals surface area contributed by atoms with Gasteiger partial charge in [0.05, 0.1) is 17.8 Å². The maximum Gasteiger partial charge on any atom is 0.250 e. The number of nitrogens with zero attached hydrogens (tertiary/aromatic N) is 5. The number of hydrogen-bond acceptors (Lipinski definition) is 8. The van der Waals surface area contributed by atoms with Crippen LogP contribution < -0.4 is 20.4 Å². The SMILES string of the molecule is COc1ccc(/C=N\Nc2nc(Nc3ccccc3)nc(N3CCCCC3)n2)cc1Br. The molecule has 160 valence electrons. The largest absolute Gasteiger partial charge is 0.496 e. The Bertz CT molecular complexity index is 1040. The molecule has 0 aliphatic carbocycles. The summed E-state index contributed by atoms with van der Waals surface area (Å²) in [6.45, 7) is 1.88. The molecule has 1 aliphatic rings. The van der Waals surface area contributed by atoms with Crippen molar-refractivity contribution >= 4 is 45.7 Å². The van der Waals surface area contributed by atoms with Crippen molar-refractivity contribution in [3.63, 3.8) is 0 Å². The highest BCUT2D eigenvalue weighted by Gasteiger charge is 2.16. The van der Waals surface area contributed by atoms with E-state index >= 15 is 0 Å². The molecule has 31 heavy (non-hydrogen) atoms. The van der Waals surface area contributed by atoms with Crippen molar-refractivity contribution < 1.29 is 4.74 Å². The van der Waals surface area contributed by atoms with Crippen molar-refractivity contribution in [1.82, 2.24) is 15.0 Å². The first-order valence-corrected chi connectivity index (χ1v) is 11.0. The zero-order valence-electron chi connectivity index (χ0n) is 17.3. The molecule has 9 heteroatoms. The van der Waals surface area contributed by atoms with E-state index in [0.29, 0.717) is 17.8 Å². The van der Waals surface area contributed by atoms with Crippen molar-refractivity contribution in [2.24, 2.45) is 5.10 Å². The molecule has 0 amide bonds. The van der Waals surface area contributed by atoms with Gasteiger partial charge in [-0.05, 0) is 71.1 Å². The van der Waals surface area contributed by atoms with Crippen LogP contribution in [0.3, 0.4) is 0 Å². The Balaban J connectivity index is 1.54. The molecule has 0 saturated carbocycles. The van der Waals surface area contributed by atoms with E-state index in [1.807, 2.05) is 48.5 Å². The molecule has 1 aromatic heterocycles. The van der Waals surface area contributed by atoms with Gasteiger partial charge in [-0.15, -0.1) is 0 Å². The fourth-order valence-corrected chi connectivity index (χ4v) is 3.84. The van der Waals surface area contributed by atoms with E-state index in [1.54, 1.807) is 13.3 Å². The molecule has 4 rings (SSSR count). The molecule has 0 bridgehead atoms. The van der Waals surface area contributed by atoms with E-state index in [9.17, 15) is 0 Å². The maximum absolute atomic E-state index is 5.26. The lowest BCUT2D eigenvalue weighted by Crippen LogP contribution is -2.31. The van der Waals surface area contributed by atoms with Gasteiger partial charge in [-0.3, -0.25) is 0 Å². The third-order valence-corrected chi connectivity index (χ3v) is 5.47. The van der Waals surface area contributed by atoms with Gasteiger partial charge in [0, 0.05) is 18.8 Å². The van der Waals surface area contributed by atoms with Gasteiger partial charge in [0.1, 0.15) is 5.75 Å². The molecule has 0 spiro atoms. The number of ether oxygens (including phenoxy) is 1. The Morgan fingerprint density at radius 3 is 2.52 bits per heavy atom. The van der Waals surface area contributed by atoms with Gasteiger partial charge in [-0.1, -0.05) is 18.2 Å². The minimum Gasteiger partial charge on any atom is -0.496 e. The van der Waals surface area contributed by atoms with Gasteiger partial charge < -0.3 is 15.0 Å². The van der Waals surface area contributed by atoms with Gasteiger partial charge in [-0.2, -0.15) is 20.1 Å². The van der Waals surface area contributed by atoms with Crippen LogP contribution in [-0.2, 0) is 0 Å². The highest BCUT2D eigenvalue weighted by molar-refractivity contribution is 9.10. The lowest BCUT2D eigenvalue weighted by molar-refractivity contribution is 0.412. The Hall–Kier alpha value is -3.20. The topological polar surface area (TPSA) is 87.6 Å². The quantitative estimate of drug-likeness (QED) is 0.369. The number of para-hydroxylation sites is 1. The van der Waals surface area contributed by atoms with E-state index < -0.39 is 0 Å². The minimum absolute atomic E-state index is 0.387. The third kappa shape index (κ3) is 5.69. The van der Waals surface area contributed by atoms with Crippen LogP contribution in [0.15, 0.2) is 58.1 Å². The summed E-state index contributed by atoms with van der Waals surface area (Å²) < 4.78 is 6.12. The number of benzene rings is 2. The molecule has 1 saturated heterocycles. The number of piperidine rings is 1. The predicted molar refractivity (Wildman–Crippen MR) is 128 cm³/mol. The first-order valence-electron chi connectivity index (χ1n) is 10.2. The molecule has 2 heterocycles. The number of hydrazone groups is 1. The van der Waals surface area contributed by atoms with Crippen LogP contribution in [0.2, 0.25) is 0 Å². The van der Waals surface area contributed by atoms with Crippen molar-refractivity contribution in [2.75, 3.05) is 35.8 Å². The summed E-state index contributed by atoms with van der Waals surface area (Å²) in [5.41, 5.74) is 4.76. The summed E-state index contributed by atoms with van der Waals surface area (Å²) in [7, 11) is 1.64. The number of rotatable bonds is 7. The summed E-state index contributed by atoms with van der Waals surface area (Å²) in [6.07, 6.45) is 5.23. The second kappa shape index (κ2) is 10.2. The number of halogens is 1. The molecule has 2 N–H and O–H groups in total. The summed E-state index contributed by atoms with van der Waals surface area (Å²) in [5.74, 6) is 2.29. The van der Waals surface area contributed by atoms with Crippen LogP contribution in [0.5, 0.6) is 5.75 Å². The van der Waals surface area contributed by atoms with Crippen LogP contribution in [0.4, 0.5) is 23.5 Å². The molecule has 8 nitrogen and oxygen atoms in total. The van der Waals surface area contributed by atoms with E-state index in [1.165, 1.54) is 6.42 Å². The molecular formula is C22H24BrN7O. The summed E-state index contributed by atoms with van der Waals surface area (Å²) in [6, 6.07) is 15.6. The van der Waals surface area contributed by atoms with Crippen molar-refractivity contribution in [2.45, 2.75) is 19.3 Å². The molecule has 2 aromatic carbocycles. The Labute approximate surface area is 189 Å². The first-order chi connectivity index (χ1) is 15.2. The lowest BCUT2D eigenvalue weighted by Gasteiger charge is -2.26. The van der Waals surface area contributed by atoms with E-state index in [0.717, 1.165) is 47.4 Å². The van der Waals surface area contributed by atoms with Gasteiger partial charge in [0.25, 0.3) is 0 Å². The number of nitrogens with one attached hydrogen (secondary N) is 2. The Morgan fingerprint density at radius 2 is 1.77 bits per heavy atom. The van der Waals surface area contributed by atoms with Crippen LogP contribution >= 0.6 is 15.9 Å². The molecule has 0 radical (unpaired) electrons. The second-order valence-corrected chi connectivity index (χ2v) is 7.94. The van der Waals surface area contributed by atoms with Gasteiger partial charge >= 0.3 is 0 Å². The molecule has 3 aromatic rings. The number of anilines is 4. The summed E-state index contributed by atoms with van der Waals surface area (Å²) >= 11 is 3.48. The average Bonchev–Trinajstić information content (AvgIpc) is 2.80. The normalized spacial score (nSPS) is 13.9. The van der Waals surface area contributed by atoms with Crippen LogP contribution in [-0.4, -0.2) is 41.4 Å². The fraction of sp³-hybridized carbons (Fsp3) is 0.273. The van der Waals surface area contributed by atoms with Gasteiger partial charge in [0.15, 0.2) is 0 Å². The highest BCUT2D eigenvalue weighted by Crippen LogP contribution is 2.25.